The van der Waals surface area contributed by atoms with E-state index >= 15 is 0 Å². The van der Waals surface area contributed by atoms with Crippen LogP contribution in [-0.2, 0) is 4.74 Å². The Morgan fingerprint density at radius 3 is 2.75 bits per heavy atom. The molecule has 0 aliphatic rings. The molecule has 1 rings (SSSR count). The molecule has 0 bridgehead atoms. The van der Waals surface area contributed by atoms with Gasteiger partial charge in [-0.25, -0.2) is 18.6 Å². The Morgan fingerprint density at radius 2 is 2.31 bits per heavy atom. The Bertz CT molecular complexity index is 471. The number of nitrogens with zero attached hydrogens (tertiary/aromatic N) is 2. The molecule has 0 saturated carbocycles. The van der Waals surface area contributed by atoms with Crippen molar-refractivity contribution in [3.05, 3.63) is 27.5 Å². The van der Waals surface area contributed by atoms with Crippen molar-refractivity contribution in [2.45, 2.75) is 6.43 Å². The smallest absolute Gasteiger partial charge is 0.357 e. The van der Waals surface area contributed by atoms with Crippen molar-refractivity contribution in [2.24, 2.45) is 0 Å². The molecule has 1 aromatic rings. The SMILES string of the molecule is COC(=O)c1nc(C(F)F)c(C#N)cc1Br. The maximum absolute atomic E-state index is 12.5. The number of ether oxygens (including phenoxy) is 1. The number of pyridine rings is 1. The second-order valence-electron chi connectivity index (χ2n) is 2.66. The van der Waals surface area contributed by atoms with Crippen LogP contribution in [0.3, 0.4) is 0 Å². The third-order valence-corrected chi connectivity index (χ3v) is 2.32. The summed E-state index contributed by atoms with van der Waals surface area (Å²) in [6.07, 6.45) is -2.92. The predicted molar refractivity (Wildman–Crippen MR) is 52.9 cm³/mol. The van der Waals surface area contributed by atoms with E-state index < -0.39 is 18.1 Å². The molecule has 1 aromatic heterocycles. The highest BCUT2D eigenvalue weighted by Crippen LogP contribution is 2.25. The maximum atomic E-state index is 12.5. The molecule has 0 spiro atoms. The number of halogens is 3. The van der Waals surface area contributed by atoms with Gasteiger partial charge in [-0.1, -0.05) is 0 Å². The Labute approximate surface area is 98.0 Å². The van der Waals surface area contributed by atoms with Crippen LogP contribution in [0.2, 0.25) is 0 Å². The molecule has 0 amide bonds. The maximum Gasteiger partial charge on any atom is 0.357 e. The predicted octanol–water partition coefficient (Wildman–Crippen LogP) is 2.44. The molecular weight excluding hydrogens is 286 g/mol. The second kappa shape index (κ2) is 4.99. The van der Waals surface area contributed by atoms with Gasteiger partial charge in [-0.3, -0.25) is 0 Å². The van der Waals surface area contributed by atoms with Crippen LogP contribution in [0.4, 0.5) is 8.78 Å². The highest BCUT2D eigenvalue weighted by Gasteiger charge is 2.21. The Hall–Kier alpha value is -1.55. The monoisotopic (exact) mass is 290 g/mol. The molecule has 1 heterocycles. The number of hydrogen-bond acceptors (Lipinski definition) is 4. The third-order valence-electron chi connectivity index (χ3n) is 1.71. The summed E-state index contributed by atoms with van der Waals surface area (Å²) in [6, 6.07) is 2.69. The zero-order chi connectivity index (χ0) is 12.3. The first kappa shape index (κ1) is 12.5. The minimum atomic E-state index is -2.92. The van der Waals surface area contributed by atoms with E-state index in [-0.39, 0.29) is 15.7 Å². The first-order valence-electron chi connectivity index (χ1n) is 3.98. The van der Waals surface area contributed by atoms with Crippen molar-refractivity contribution in [3.8, 4) is 6.07 Å². The van der Waals surface area contributed by atoms with Crippen molar-refractivity contribution in [3.63, 3.8) is 0 Å². The van der Waals surface area contributed by atoms with Crippen molar-refractivity contribution in [1.29, 1.82) is 5.26 Å². The first-order chi connectivity index (χ1) is 7.51. The van der Waals surface area contributed by atoms with Gasteiger partial charge in [0.05, 0.1) is 17.1 Å². The lowest BCUT2D eigenvalue weighted by atomic mass is 10.2. The molecule has 7 heteroatoms. The molecule has 0 aliphatic heterocycles. The van der Waals surface area contributed by atoms with E-state index in [0.717, 1.165) is 13.2 Å². The van der Waals surface area contributed by atoms with Crippen LogP contribution < -0.4 is 0 Å². The van der Waals surface area contributed by atoms with E-state index in [1.165, 1.54) is 0 Å². The van der Waals surface area contributed by atoms with Gasteiger partial charge in [-0.2, -0.15) is 5.26 Å². The van der Waals surface area contributed by atoms with Crippen molar-refractivity contribution in [2.75, 3.05) is 7.11 Å². The topological polar surface area (TPSA) is 63.0 Å². The Kier molecular flexibility index (Phi) is 3.90. The lowest BCUT2D eigenvalue weighted by molar-refractivity contribution is 0.0591. The van der Waals surface area contributed by atoms with Crippen molar-refractivity contribution < 1.29 is 18.3 Å². The van der Waals surface area contributed by atoms with Crippen LogP contribution in [0.1, 0.15) is 28.2 Å². The summed E-state index contributed by atoms with van der Waals surface area (Å²) in [6.45, 7) is 0. The molecule has 0 fully saturated rings. The number of rotatable bonds is 2. The van der Waals surface area contributed by atoms with Gasteiger partial charge in [0, 0.05) is 0 Å². The van der Waals surface area contributed by atoms with Gasteiger partial charge in [0.1, 0.15) is 11.8 Å². The largest absolute Gasteiger partial charge is 0.464 e. The molecule has 84 valence electrons. The Balaban J connectivity index is 3.40. The first-order valence-corrected chi connectivity index (χ1v) is 4.77. The average molecular weight is 291 g/mol. The fraction of sp³-hybridized carbons (Fsp3) is 0.222. The number of aromatic nitrogens is 1. The average Bonchev–Trinajstić information content (AvgIpc) is 2.27. The molecule has 0 atom stereocenters. The number of carbonyl (C=O) groups excluding carboxylic acids is 1. The van der Waals surface area contributed by atoms with Gasteiger partial charge >= 0.3 is 5.97 Å². The molecule has 16 heavy (non-hydrogen) atoms. The fourth-order valence-electron chi connectivity index (χ4n) is 0.999. The third kappa shape index (κ3) is 2.33. The van der Waals surface area contributed by atoms with Gasteiger partial charge in [0.15, 0.2) is 5.69 Å². The van der Waals surface area contributed by atoms with Crippen LogP contribution in [-0.4, -0.2) is 18.1 Å². The lowest BCUT2D eigenvalue weighted by Gasteiger charge is -2.06. The van der Waals surface area contributed by atoms with Crippen LogP contribution in [0.15, 0.2) is 10.5 Å². The normalized spacial score (nSPS) is 10.0. The minimum absolute atomic E-state index is 0.139. The highest BCUT2D eigenvalue weighted by molar-refractivity contribution is 9.10. The molecule has 4 nitrogen and oxygen atoms in total. The van der Waals surface area contributed by atoms with E-state index in [2.05, 4.69) is 25.7 Å². The number of carbonyl (C=O) groups is 1. The molecule has 0 radical (unpaired) electrons. The summed E-state index contributed by atoms with van der Waals surface area (Å²) >= 11 is 2.95. The highest BCUT2D eigenvalue weighted by atomic mass is 79.9. The van der Waals surface area contributed by atoms with Gasteiger partial charge < -0.3 is 4.74 Å². The van der Waals surface area contributed by atoms with E-state index in [1.807, 2.05) is 0 Å². The van der Waals surface area contributed by atoms with Crippen LogP contribution >= 0.6 is 15.9 Å². The van der Waals surface area contributed by atoms with Crippen LogP contribution in [0.5, 0.6) is 0 Å². The van der Waals surface area contributed by atoms with E-state index in [4.69, 9.17) is 5.26 Å². The zero-order valence-electron chi connectivity index (χ0n) is 8.00. The van der Waals surface area contributed by atoms with Gasteiger partial charge in [0.2, 0.25) is 0 Å². The summed E-state index contributed by atoms with van der Waals surface area (Å²) in [5, 5.41) is 8.62. The van der Waals surface area contributed by atoms with Crippen molar-refractivity contribution in [1.82, 2.24) is 4.98 Å². The van der Waals surface area contributed by atoms with E-state index in [1.54, 1.807) is 6.07 Å². The quantitative estimate of drug-likeness (QED) is 0.785. The number of nitriles is 1. The van der Waals surface area contributed by atoms with Gasteiger partial charge in [-0.15, -0.1) is 0 Å². The number of esters is 1. The van der Waals surface area contributed by atoms with E-state index in [0.29, 0.717) is 0 Å². The fourth-order valence-corrected chi connectivity index (χ4v) is 1.48. The Morgan fingerprint density at radius 1 is 1.69 bits per heavy atom. The minimum Gasteiger partial charge on any atom is -0.464 e. The molecule has 0 aromatic carbocycles. The van der Waals surface area contributed by atoms with Crippen LogP contribution in [0, 0.1) is 11.3 Å². The second-order valence-corrected chi connectivity index (χ2v) is 3.51. The summed E-state index contributed by atoms with van der Waals surface area (Å²) in [5.74, 6) is -0.849. The molecule has 0 unspecified atom stereocenters. The molecule has 0 saturated heterocycles. The zero-order valence-corrected chi connectivity index (χ0v) is 9.59. The summed E-state index contributed by atoms with van der Waals surface area (Å²) in [4.78, 5) is 14.6. The molecular formula is C9H5BrF2N2O2. The molecule has 0 N–H and O–H groups in total. The van der Waals surface area contributed by atoms with Gasteiger partial charge in [0.25, 0.3) is 6.43 Å². The summed E-state index contributed by atoms with van der Waals surface area (Å²) in [7, 11) is 1.11. The van der Waals surface area contributed by atoms with Crippen LogP contribution in [0.25, 0.3) is 0 Å². The number of alkyl halides is 2. The van der Waals surface area contributed by atoms with Crippen molar-refractivity contribution >= 4 is 21.9 Å². The van der Waals surface area contributed by atoms with Gasteiger partial charge in [-0.05, 0) is 22.0 Å². The van der Waals surface area contributed by atoms with E-state index in [9.17, 15) is 13.6 Å². The molecule has 0 aliphatic carbocycles. The number of methoxy groups -OCH3 is 1. The summed E-state index contributed by atoms with van der Waals surface area (Å²) in [5.41, 5.74) is -1.29. The number of hydrogen-bond donors (Lipinski definition) is 0. The summed E-state index contributed by atoms with van der Waals surface area (Å²) < 4.78 is 29.5. The lowest BCUT2D eigenvalue weighted by Crippen LogP contribution is -2.09. The standard InChI is InChI=1S/C9H5BrF2N2O2/c1-16-9(15)7-5(10)2-4(3-13)6(14-7)8(11)12/h2,8H,1H3.